The molecule has 0 aromatic carbocycles. The summed E-state index contributed by atoms with van der Waals surface area (Å²) in [4.78, 5) is 11.4. The number of rotatable bonds is 5. The van der Waals surface area contributed by atoms with Crippen LogP contribution >= 0.6 is 0 Å². The molecule has 0 radical (unpaired) electrons. The zero-order valence-electron chi connectivity index (χ0n) is 9.83. The summed E-state index contributed by atoms with van der Waals surface area (Å²) in [5, 5.41) is 4.34. The topological polar surface area (TPSA) is 44.1 Å². The van der Waals surface area contributed by atoms with Gasteiger partial charge in [0, 0.05) is 12.8 Å². The maximum atomic E-state index is 11.4. The van der Waals surface area contributed by atoms with Crippen molar-refractivity contribution in [3.63, 3.8) is 0 Å². The average Bonchev–Trinajstić information content (AvgIpc) is 2.42. The van der Waals surface area contributed by atoms with Gasteiger partial charge in [0.2, 0.25) is 0 Å². The molecule has 15 heavy (non-hydrogen) atoms. The van der Waals surface area contributed by atoms with E-state index in [1.165, 1.54) is 12.7 Å². The molecular weight excluding hydrogens is 192 g/mol. The number of ketones is 1. The smallest absolute Gasteiger partial charge is 0.179 e. The molecule has 0 saturated heterocycles. The Bertz CT molecular complexity index is 356. The Labute approximate surface area is 90.2 Å². The summed E-state index contributed by atoms with van der Waals surface area (Å²) >= 11 is 0. The Morgan fingerprint density at radius 3 is 2.60 bits per heavy atom. The predicted molar refractivity (Wildman–Crippen MR) is 58.0 cm³/mol. The van der Waals surface area contributed by atoms with Gasteiger partial charge < -0.3 is 4.74 Å². The fourth-order valence-electron chi connectivity index (χ4n) is 1.77. The van der Waals surface area contributed by atoms with Crippen LogP contribution in [0, 0.1) is 13.8 Å². The highest BCUT2D eigenvalue weighted by molar-refractivity contribution is 5.79. The Morgan fingerprint density at radius 1 is 1.47 bits per heavy atom. The molecule has 4 heteroatoms. The largest absolute Gasteiger partial charge is 0.377 e. The van der Waals surface area contributed by atoms with Crippen LogP contribution in [0.25, 0.3) is 0 Å². The molecule has 0 aliphatic carbocycles. The highest BCUT2D eigenvalue weighted by atomic mass is 16.5. The monoisotopic (exact) mass is 210 g/mol. The first-order valence-electron chi connectivity index (χ1n) is 5.13. The fourth-order valence-corrected chi connectivity index (χ4v) is 1.77. The van der Waals surface area contributed by atoms with Gasteiger partial charge in [0.05, 0.1) is 5.69 Å². The van der Waals surface area contributed by atoms with Crippen LogP contribution < -0.4 is 0 Å². The molecule has 1 aromatic rings. The minimum atomic E-state index is 0.0470. The van der Waals surface area contributed by atoms with Crippen molar-refractivity contribution in [1.29, 1.82) is 0 Å². The van der Waals surface area contributed by atoms with Crippen LogP contribution in [-0.4, -0.2) is 29.3 Å². The minimum Gasteiger partial charge on any atom is -0.377 e. The number of carbonyl (C=O) groups is 1. The van der Waals surface area contributed by atoms with E-state index < -0.39 is 0 Å². The summed E-state index contributed by atoms with van der Waals surface area (Å²) in [6, 6.07) is 0. The van der Waals surface area contributed by atoms with Gasteiger partial charge in [0.25, 0.3) is 0 Å². The van der Waals surface area contributed by atoms with Gasteiger partial charge in [-0.05, 0) is 25.8 Å². The summed E-state index contributed by atoms with van der Waals surface area (Å²) in [5.74, 6) is 0.0470. The number of methoxy groups -OCH3 is 1. The van der Waals surface area contributed by atoms with Crippen molar-refractivity contribution in [3.8, 4) is 0 Å². The lowest BCUT2D eigenvalue weighted by molar-refractivity contribution is -0.123. The summed E-state index contributed by atoms with van der Waals surface area (Å²) in [6.07, 6.45) is 0.954. The van der Waals surface area contributed by atoms with Gasteiger partial charge in [-0.2, -0.15) is 5.10 Å². The Balaban J connectivity index is 2.82. The van der Waals surface area contributed by atoms with E-state index in [4.69, 9.17) is 4.74 Å². The van der Waals surface area contributed by atoms with Gasteiger partial charge in [-0.1, -0.05) is 6.92 Å². The van der Waals surface area contributed by atoms with E-state index in [1.807, 2.05) is 13.8 Å². The highest BCUT2D eigenvalue weighted by Crippen LogP contribution is 2.13. The minimum absolute atomic E-state index is 0.0470. The normalized spacial score (nSPS) is 10.7. The molecule has 0 unspecified atom stereocenters. The van der Waals surface area contributed by atoms with Crippen LogP contribution in [0.2, 0.25) is 0 Å². The van der Waals surface area contributed by atoms with Crippen molar-refractivity contribution >= 4 is 5.78 Å². The molecule has 0 bridgehead atoms. The van der Waals surface area contributed by atoms with Crippen LogP contribution in [0.4, 0.5) is 0 Å². The van der Waals surface area contributed by atoms with Gasteiger partial charge in [-0.15, -0.1) is 0 Å². The number of hydrogen-bond acceptors (Lipinski definition) is 3. The van der Waals surface area contributed by atoms with E-state index in [9.17, 15) is 4.79 Å². The molecule has 1 aromatic heterocycles. The quantitative estimate of drug-likeness (QED) is 0.735. The SMILES string of the molecule is CCc1c(C)nn(CC(=O)COC)c1C. The van der Waals surface area contributed by atoms with Gasteiger partial charge in [-0.25, -0.2) is 0 Å². The lowest BCUT2D eigenvalue weighted by Gasteiger charge is -2.03. The maximum absolute atomic E-state index is 11.4. The van der Waals surface area contributed by atoms with E-state index in [2.05, 4.69) is 12.0 Å². The molecule has 0 aliphatic heterocycles. The number of Topliss-reactive ketones (excluding diaryl/α,β-unsaturated/α-hetero) is 1. The number of ether oxygens (including phenoxy) is 1. The molecule has 4 nitrogen and oxygen atoms in total. The van der Waals surface area contributed by atoms with E-state index >= 15 is 0 Å². The lowest BCUT2D eigenvalue weighted by Crippen LogP contribution is -2.17. The Morgan fingerprint density at radius 2 is 2.13 bits per heavy atom. The van der Waals surface area contributed by atoms with Crippen LogP contribution in [0.3, 0.4) is 0 Å². The second kappa shape index (κ2) is 5.07. The third kappa shape index (κ3) is 2.65. The second-order valence-electron chi connectivity index (χ2n) is 3.63. The average molecular weight is 210 g/mol. The molecule has 1 rings (SSSR count). The number of nitrogens with zero attached hydrogens (tertiary/aromatic N) is 2. The van der Waals surface area contributed by atoms with Crippen molar-refractivity contribution in [3.05, 3.63) is 17.0 Å². The molecule has 0 aliphatic rings. The first-order chi connectivity index (χ1) is 7.10. The Kier molecular flexibility index (Phi) is 4.03. The van der Waals surface area contributed by atoms with Crippen molar-refractivity contribution in [2.75, 3.05) is 13.7 Å². The number of hydrogen-bond donors (Lipinski definition) is 0. The first kappa shape index (κ1) is 11.9. The van der Waals surface area contributed by atoms with Crippen molar-refractivity contribution in [2.45, 2.75) is 33.7 Å². The van der Waals surface area contributed by atoms with Crippen molar-refractivity contribution in [2.24, 2.45) is 0 Å². The Hall–Kier alpha value is -1.16. The molecule has 0 N–H and O–H groups in total. The van der Waals surface area contributed by atoms with Gasteiger partial charge in [0.15, 0.2) is 5.78 Å². The van der Waals surface area contributed by atoms with Gasteiger partial charge >= 0.3 is 0 Å². The standard InChI is InChI=1S/C11H18N2O2/c1-5-11-8(2)12-13(9(11)3)6-10(14)7-15-4/h5-7H2,1-4H3. The van der Waals surface area contributed by atoms with E-state index in [-0.39, 0.29) is 12.4 Å². The van der Waals surface area contributed by atoms with Crippen LogP contribution in [0.5, 0.6) is 0 Å². The number of aryl methyl sites for hydroxylation is 1. The highest BCUT2D eigenvalue weighted by Gasteiger charge is 2.11. The van der Waals surface area contributed by atoms with Crippen LogP contribution in [-0.2, 0) is 22.5 Å². The van der Waals surface area contributed by atoms with Crippen molar-refractivity contribution in [1.82, 2.24) is 9.78 Å². The predicted octanol–water partition coefficient (Wildman–Crippen LogP) is 1.28. The molecule has 0 amide bonds. The molecule has 1 heterocycles. The molecule has 0 atom stereocenters. The van der Waals surface area contributed by atoms with E-state index in [0.717, 1.165) is 17.8 Å². The second-order valence-corrected chi connectivity index (χ2v) is 3.63. The zero-order chi connectivity index (χ0) is 11.4. The lowest BCUT2D eigenvalue weighted by atomic mass is 10.1. The van der Waals surface area contributed by atoms with Crippen LogP contribution in [0.1, 0.15) is 23.9 Å². The molecule has 0 fully saturated rings. The number of aromatic nitrogens is 2. The zero-order valence-corrected chi connectivity index (χ0v) is 9.83. The third-order valence-electron chi connectivity index (χ3n) is 2.52. The number of carbonyl (C=O) groups excluding carboxylic acids is 1. The summed E-state index contributed by atoms with van der Waals surface area (Å²) < 4.78 is 6.55. The summed E-state index contributed by atoms with van der Waals surface area (Å²) in [7, 11) is 1.52. The van der Waals surface area contributed by atoms with Gasteiger partial charge in [0.1, 0.15) is 13.2 Å². The molecule has 0 spiro atoms. The summed E-state index contributed by atoms with van der Waals surface area (Å²) in [6.45, 7) is 6.53. The van der Waals surface area contributed by atoms with Crippen LogP contribution in [0.15, 0.2) is 0 Å². The third-order valence-corrected chi connectivity index (χ3v) is 2.52. The summed E-state index contributed by atoms with van der Waals surface area (Å²) in [5.41, 5.74) is 3.33. The van der Waals surface area contributed by atoms with Gasteiger partial charge in [-0.3, -0.25) is 9.48 Å². The van der Waals surface area contributed by atoms with Crippen molar-refractivity contribution < 1.29 is 9.53 Å². The molecule has 84 valence electrons. The van der Waals surface area contributed by atoms with E-state index in [1.54, 1.807) is 4.68 Å². The molecular formula is C11H18N2O2. The fraction of sp³-hybridized carbons (Fsp3) is 0.636. The first-order valence-corrected chi connectivity index (χ1v) is 5.13. The van der Waals surface area contributed by atoms with E-state index in [0.29, 0.717) is 6.54 Å². The maximum Gasteiger partial charge on any atom is 0.179 e. The molecule has 0 saturated carbocycles.